The van der Waals surface area contributed by atoms with Crippen molar-refractivity contribution in [3.63, 3.8) is 0 Å². The number of benzene rings is 2. The fraction of sp³-hybridized carbons (Fsp3) is 0.250. The van der Waals surface area contributed by atoms with Crippen molar-refractivity contribution < 1.29 is 40.7 Å². The molecule has 4 rings (SSSR count). The first-order chi connectivity index (χ1) is 15.4. The van der Waals surface area contributed by atoms with Gasteiger partial charge >= 0.3 is 6.36 Å². The van der Waals surface area contributed by atoms with E-state index in [4.69, 9.17) is 0 Å². The highest BCUT2D eigenvalue weighted by molar-refractivity contribution is 7.92. The molecule has 2 aromatic rings. The molecule has 0 aliphatic carbocycles. The SMILES string of the molecule is O=C1CCC(N2Cc3cc(NS(=O)(=O)c4ccccc4OC(F)(F)F)ccc3C2=O)C(=O)N1. The number of alkyl halides is 3. The number of piperidine rings is 1. The van der Waals surface area contributed by atoms with E-state index in [0.29, 0.717) is 5.56 Å². The summed E-state index contributed by atoms with van der Waals surface area (Å²) < 4.78 is 69.4. The summed E-state index contributed by atoms with van der Waals surface area (Å²) in [5.74, 6) is -2.35. The number of rotatable bonds is 5. The van der Waals surface area contributed by atoms with E-state index in [-0.39, 0.29) is 30.6 Å². The lowest BCUT2D eigenvalue weighted by Gasteiger charge is -2.29. The molecule has 1 saturated heterocycles. The van der Waals surface area contributed by atoms with Gasteiger partial charge in [0.2, 0.25) is 11.8 Å². The Morgan fingerprint density at radius 3 is 2.52 bits per heavy atom. The number of fused-ring (bicyclic) bond motifs is 1. The second-order valence-corrected chi connectivity index (χ2v) is 9.02. The maximum absolute atomic E-state index is 12.7. The van der Waals surface area contributed by atoms with Gasteiger partial charge in [0, 0.05) is 24.2 Å². The Morgan fingerprint density at radius 2 is 1.82 bits per heavy atom. The second kappa shape index (κ2) is 8.06. The van der Waals surface area contributed by atoms with Crippen LogP contribution in [-0.2, 0) is 26.2 Å². The zero-order valence-corrected chi connectivity index (χ0v) is 17.5. The number of sulfonamides is 1. The van der Waals surface area contributed by atoms with Crippen LogP contribution in [0.15, 0.2) is 47.4 Å². The number of hydrogen-bond donors (Lipinski definition) is 2. The molecule has 0 bridgehead atoms. The van der Waals surface area contributed by atoms with Crippen molar-refractivity contribution in [1.29, 1.82) is 0 Å². The van der Waals surface area contributed by atoms with Crippen molar-refractivity contribution in [2.75, 3.05) is 4.72 Å². The molecule has 13 heteroatoms. The van der Waals surface area contributed by atoms with Crippen LogP contribution in [-0.4, -0.2) is 43.4 Å². The summed E-state index contributed by atoms with van der Waals surface area (Å²) in [7, 11) is -4.47. The third-order valence-corrected chi connectivity index (χ3v) is 6.56. The van der Waals surface area contributed by atoms with E-state index in [2.05, 4.69) is 14.8 Å². The Morgan fingerprint density at radius 1 is 1.09 bits per heavy atom. The zero-order valence-electron chi connectivity index (χ0n) is 16.7. The van der Waals surface area contributed by atoms with Gasteiger partial charge in [0.05, 0.1) is 0 Å². The number of anilines is 1. The van der Waals surface area contributed by atoms with Gasteiger partial charge in [0.15, 0.2) is 0 Å². The van der Waals surface area contributed by atoms with Gasteiger partial charge in [0.1, 0.15) is 16.7 Å². The molecule has 0 radical (unpaired) electrons. The summed E-state index contributed by atoms with van der Waals surface area (Å²) in [5.41, 5.74) is 0.682. The average Bonchev–Trinajstić information content (AvgIpc) is 3.02. The topological polar surface area (TPSA) is 122 Å². The molecule has 0 saturated carbocycles. The van der Waals surface area contributed by atoms with Gasteiger partial charge in [-0.25, -0.2) is 8.42 Å². The molecule has 2 aliphatic rings. The van der Waals surface area contributed by atoms with E-state index < -0.39 is 50.8 Å². The van der Waals surface area contributed by atoms with Crippen LogP contribution in [0.1, 0.15) is 28.8 Å². The third-order valence-electron chi connectivity index (χ3n) is 5.14. The number of nitrogens with one attached hydrogen (secondary N) is 2. The van der Waals surface area contributed by atoms with E-state index in [0.717, 1.165) is 12.1 Å². The number of carbonyl (C=O) groups excluding carboxylic acids is 3. The van der Waals surface area contributed by atoms with E-state index in [1.165, 1.54) is 35.2 Å². The van der Waals surface area contributed by atoms with E-state index in [1.807, 2.05) is 0 Å². The summed E-state index contributed by atoms with van der Waals surface area (Å²) in [4.78, 5) is 36.8. The van der Waals surface area contributed by atoms with Crippen LogP contribution in [0.4, 0.5) is 18.9 Å². The highest BCUT2D eigenvalue weighted by atomic mass is 32.2. The monoisotopic (exact) mass is 483 g/mol. The molecule has 2 heterocycles. The highest BCUT2D eigenvalue weighted by Gasteiger charge is 2.39. The lowest BCUT2D eigenvalue weighted by Crippen LogP contribution is -2.52. The van der Waals surface area contributed by atoms with Crippen LogP contribution >= 0.6 is 0 Å². The van der Waals surface area contributed by atoms with Crippen molar-refractivity contribution in [2.45, 2.75) is 36.7 Å². The van der Waals surface area contributed by atoms with Gasteiger partial charge < -0.3 is 9.64 Å². The van der Waals surface area contributed by atoms with Gasteiger partial charge in [-0.2, -0.15) is 0 Å². The third kappa shape index (κ3) is 4.62. The Labute approximate surface area is 185 Å². The highest BCUT2D eigenvalue weighted by Crippen LogP contribution is 2.33. The molecule has 0 aromatic heterocycles. The molecule has 1 fully saturated rings. The number of halogens is 3. The summed E-state index contributed by atoms with van der Waals surface area (Å²) in [6.07, 6.45) is -4.83. The molecule has 2 aromatic carbocycles. The first-order valence-electron chi connectivity index (χ1n) is 9.60. The summed E-state index contributed by atoms with van der Waals surface area (Å²) >= 11 is 0. The molecular weight excluding hydrogens is 467 g/mol. The van der Waals surface area contributed by atoms with Crippen molar-refractivity contribution in [3.8, 4) is 5.75 Å². The van der Waals surface area contributed by atoms with Gasteiger partial charge in [0.25, 0.3) is 15.9 Å². The molecule has 9 nitrogen and oxygen atoms in total. The van der Waals surface area contributed by atoms with Gasteiger partial charge in [-0.3, -0.25) is 24.4 Å². The van der Waals surface area contributed by atoms with Crippen LogP contribution in [0.25, 0.3) is 0 Å². The predicted molar refractivity (Wildman–Crippen MR) is 106 cm³/mol. The minimum atomic E-state index is -5.08. The zero-order chi connectivity index (χ0) is 24.0. The molecule has 33 heavy (non-hydrogen) atoms. The van der Waals surface area contributed by atoms with E-state index in [9.17, 15) is 36.0 Å². The van der Waals surface area contributed by atoms with Gasteiger partial charge in [-0.1, -0.05) is 12.1 Å². The molecule has 0 spiro atoms. The van der Waals surface area contributed by atoms with Crippen molar-refractivity contribution in [1.82, 2.24) is 10.2 Å². The first-order valence-corrected chi connectivity index (χ1v) is 11.1. The van der Waals surface area contributed by atoms with Crippen LogP contribution in [0, 0.1) is 0 Å². The van der Waals surface area contributed by atoms with Crippen LogP contribution in [0.3, 0.4) is 0 Å². The number of para-hydroxylation sites is 1. The van der Waals surface area contributed by atoms with Crippen LogP contribution in [0.5, 0.6) is 5.75 Å². The number of imide groups is 1. The molecule has 174 valence electrons. The Kier molecular flexibility index (Phi) is 5.52. The normalized spacial score (nSPS) is 18.7. The maximum Gasteiger partial charge on any atom is 0.573 e. The lowest BCUT2D eigenvalue weighted by atomic mass is 10.0. The minimum Gasteiger partial charge on any atom is -0.404 e. The maximum atomic E-state index is 12.7. The number of ether oxygens (including phenoxy) is 1. The number of amides is 3. The largest absolute Gasteiger partial charge is 0.573 e. The molecule has 1 atom stereocenters. The van der Waals surface area contributed by atoms with Crippen LogP contribution in [0.2, 0.25) is 0 Å². The smallest absolute Gasteiger partial charge is 0.404 e. The van der Waals surface area contributed by atoms with Crippen molar-refractivity contribution in [2.24, 2.45) is 0 Å². The summed E-state index contributed by atoms with van der Waals surface area (Å²) in [5, 5.41) is 2.18. The minimum absolute atomic E-state index is 0.00375. The Bertz CT molecular complexity index is 1260. The van der Waals surface area contributed by atoms with Crippen molar-refractivity contribution in [3.05, 3.63) is 53.6 Å². The number of carbonyl (C=O) groups is 3. The second-order valence-electron chi connectivity index (χ2n) is 7.37. The van der Waals surface area contributed by atoms with Gasteiger partial charge in [-0.15, -0.1) is 13.2 Å². The van der Waals surface area contributed by atoms with Gasteiger partial charge in [-0.05, 0) is 42.3 Å². The molecular formula is C20H16F3N3O6S. The Hall–Kier alpha value is -3.61. The number of nitrogens with zero attached hydrogens (tertiary/aromatic N) is 1. The molecule has 2 N–H and O–H groups in total. The van der Waals surface area contributed by atoms with Crippen LogP contribution < -0.4 is 14.8 Å². The molecule has 2 aliphatic heterocycles. The standard InChI is InChI=1S/C20H16F3N3O6S/c21-20(22,23)32-15-3-1-2-4-16(15)33(30,31)25-12-5-6-13-11(9-12)10-26(19(13)29)14-7-8-17(27)24-18(14)28/h1-6,9,14,25H,7-8,10H2,(H,24,27,28). The molecule has 3 amide bonds. The van der Waals surface area contributed by atoms with Crippen molar-refractivity contribution >= 4 is 33.4 Å². The Balaban J connectivity index is 1.57. The summed E-state index contributed by atoms with van der Waals surface area (Å²) in [6.45, 7) is 0.00375. The fourth-order valence-corrected chi connectivity index (χ4v) is 4.91. The van der Waals surface area contributed by atoms with E-state index >= 15 is 0 Å². The quantitative estimate of drug-likeness (QED) is 0.629. The fourth-order valence-electron chi connectivity index (χ4n) is 3.73. The predicted octanol–water partition coefficient (Wildman–Crippen LogP) is 2.15. The molecule has 1 unspecified atom stereocenters. The average molecular weight is 483 g/mol. The number of hydrogen-bond acceptors (Lipinski definition) is 6. The first kappa shape index (κ1) is 22.6. The summed E-state index contributed by atoms with van der Waals surface area (Å²) in [6, 6.07) is 7.46. The lowest BCUT2D eigenvalue weighted by molar-refractivity contribution is -0.275. The van der Waals surface area contributed by atoms with E-state index in [1.54, 1.807) is 0 Å².